The number of benzene rings is 1. The lowest BCUT2D eigenvalue weighted by atomic mass is 10.2. The average Bonchev–Trinajstić information content (AvgIpc) is 3.17. The summed E-state index contributed by atoms with van der Waals surface area (Å²) >= 11 is 6.22. The largest absolute Gasteiger partial charge is 0.291 e. The highest BCUT2D eigenvalue weighted by Gasteiger charge is 2.39. The quantitative estimate of drug-likeness (QED) is 0.802. The third kappa shape index (κ3) is 2.06. The zero-order valence-electron chi connectivity index (χ0n) is 11.1. The maximum absolute atomic E-state index is 12.7. The second kappa shape index (κ2) is 4.64. The average molecular weight is 277 g/mol. The molecule has 1 heterocycles. The van der Waals surface area contributed by atoms with Crippen LogP contribution in [0.15, 0.2) is 29.1 Å². The summed E-state index contributed by atoms with van der Waals surface area (Å²) in [6, 6.07) is 7.77. The fourth-order valence-electron chi connectivity index (χ4n) is 2.75. The second-order valence-electron chi connectivity index (χ2n) is 5.25. The van der Waals surface area contributed by atoms with E-state index in [4.69, 9.17) is 11.6 Å². The first-order valence-electron chi connectivity index (χ1n) is 6.78. The van der Waals surface area contributed by atoms with Gasteiger partial charge in [-0.1, -0.05) is 25.5 Å². The van der Waals surface area contributed by atoms with Crippen LogP contribution in [0.1, 0.15) is 43.9 Å². The van der Waals surface area contributed by atoms with Gasteiger partial charge in [-0.2, -0.15) is 0 Å². The van der Waals surface area contributed by atoms with Crippen LogP contribution in [0, 0.1) is 5.92 Å². The van der Waals surface area contributed by atoms with Gasteiger partial charge in [-0.15, -0.1) is 11.6 Å². The van der Waals surface area contributed by atoms with Crippen molar-refractivity contribution in [2.75, 3.05) is 0 Å². The normalized spacial score (nSPS) is 23.5. The Bertz CT molecular complexity index is 677. The molecule has 3 nitrogen and oxygen atoms in total. The number of halogens is 1. The van der Waals surface area contributed by atoms with E-state index in [-0.39, 0.29) is 17.0 Å². The summed E-state index contributed by atoms with van der Waals surface area (Å²) in [4.78, 5) is 17.3. The van der Waals surface area contributed by atoms with E-state index in [9.17, 15) is 4.79 Å². The molecule has 2 aromatic rings. The van der Waals surface area contributed by atoms with Gasteiger partial charge >= 0.3 is 0 Å². The highest BCUT2D eigenvalue weighted by atomic mass is 35.5. The van der Waals surface area contributed by atoms with Crippen LogP contribution >= 0.6 is 11.6 Å². The highest BCUT2D eigenvalue weighted by molar-refractivity contribution is 6.20. The third-order valence-corrected chi connectivity index (χ3v) is 4.13. The Morgan fingerprint density at radius 2 is 2.21 bits per heavy atom. The first kappa shape index (κ1) is 12.7. The molecule has 0 N–H and O–H groups in total. The summed E-state index contributed by atoms with van der Waals surface area (Å²) in [5.41, 5.74) is 0.786. The van der Waals surface area contributed by atoms with Crippen LogP contribution in [0.2, 0.25) is 0 Å². The van der Waals surface area contributed by atoms with Crippen LogP contribution in [-0.4, -0.2) is 9.55 Å². The van der Waals surface area contributed by atoms with Crippen LogP contribution in [0.3, 0.4) is 0 Å². The van der Waals surface area contributed by atoms with Gasteiger partial charge in [0.1, 0.15) is 5.82 Å². The molecular weight excluding hydrogens is 260 g/mol. The lowest BCUT2D eigenvalue weighted by molar-refractivity contribution is 0.583. The molecule has 3 atom stereocenters. The zero-order chi connectivity index (χ0) is 13.6. The molecule has 0 aliphatic heterocycles. The number of alkyl halides is 1. The van der Waals surface area contributed by atoms with Crippen LogP contribution in [0.5, 0.6) is 0 Å². The molecule has 3 unspecified atom stereocenters. The molecule has 0 saturated heterocycles. The number of hydrogen-bond acceptors (Lipinski definition) is 2. The van der Waals surface area contributed by atoms with Crippen molar-refractivity contribution >= 4 is 22.5 Å². The van der Waals surface area contributed by atoms with Crippen LogP contribution < -0.4 is 5.56 Å². The van der Waals surface area contributed by atoms with Crippen molar-refractivity contribution in [3.63, 3.8) is 0 Å². The summed E-state index contributed by atoms with van der Waals surface area (Å²) < 4.78 is 1.83. The van der Waals surface area contributed by atoms with Gasteiger partial charge in [0.2, 0.25) is 0 Å². The van der Waals surface area contributed by atoms with Crippen molar-refractivity contribution < 1.29 is 0 Å². The summed E-state index contributed by atoms with van der Waals surface area (Å²) in [7, 11) is 0. The SMILES string of the molecule is CCC1CC1n1c(C(C)Cl)nc2ccccc2c1=O. The smallest absolute Gasteiger partial charge is 0.261 e. The standard InChI is InChI=1S/C15H17ClN2O/c1-3-10-8-13(10)18-14(9(2)16)17-12-7-5-4-6-11(12)15(18)19/h4-7,9-10,13H,3,8H2,1-2H3. The van der Waals surface area contributed by atoms with Gasteiger partial charge in [0.25, 0.3) is 5.56 Å². The molecule has 1 saturated carbocycles. The predicted octanol–water partition coefficient (Wildman–Crippen LogP) is 3.67. The Labute approximate surface area is 117 Å². The van der Waals surface area contributed by atoms with Crippen molar-refractivity contribution in [1.29, 1.82) is 0 Å². The molecule has 0 spiro atoms. The van der Waals surface area contributed by atoms with Crippen LogP contribution in [0.4, 0.5) is 0 Å². The van der Waals surface area contributed by atoms with Crippen molar-refractivity contribution in [3.8, 4) is 0 Å². The zero-order valence-corrected chi connectivity index (χ0v) is 11.9. The van der Waals surface area contributed by atoms with E-state index in [1.165, 1.54) is 0 Å². The minimum atomic E-state index is -0.254. The first-order chi connectivity index (χ1) is 9.13. The monoisotopic (exact) mass is 276 g/mol. The van der Waals surface area contributed by atoms with Gasteiger partial charge < -0.3 is 0 Å². The number of para-hydroxylation sites is 1. The fraction of sp³-hybridized carbons (Fsp3) is 0.467. The molecular formula is C15H17ClN2O. The molecule has 1 aliphatic carbocycles. The van der Waals surface area contributed by atoms with E-state index in [0.29, 0.717) is 17.1 Å². The van der Waals surface area contributed by atoms with E-state index in [0.717, 1.165) is 18.4 Å². The Morgan fingerprint density at radius 3 is 2.84 bits per heavy atom. The predicted molar refractivity (Wildman–Crippen MR) is 77.7 cm³/mol. The molecule has 1 aromatic carbocycles. The lowest BCUT2D eigenvalue weighted by Gasteiger charge is -2.14. The molecule has 1 aromatic heterocycles. The van der Waals surface area contributed by atoms with Crippen molar-refractivity contribution in [2.24, 2.45) is 5.92 Å². The number of rotatable bonds is 3. The molecule has 0 bridgehead atoms. The van der Waals surface area contributed by atoms with Crippen LogP contribution in [0.25, 0.3) is 10.9 Å². The van der Waals surface area contributed by atoms with E-state index in [1.54, 1.807) is 0 Å². The van der Waals surface area contributed by atoms with E-state index in [1.807, 2.05) is 35.8 Å². The molecule has 0 radical (unpaired) electrons. The van der Waals surface area contributed by atoms with Gasteiger partial charge in [-0.25, -0.2) is 4.98 Å². The number of hydrogen-bond donors (Lipinski definition) is 0. The molecule has 1 aliphatic rings. The van der Waals surface area contributed by atoms with Gasteiger partial charge in [-0.05, 0) is 31.4 Å². The summed E-state index contributed by atoms with van der Waals surface area (Å²) in [5.74, 6) is 1.29. The second-order valence-corrected chi connectivity index (χ2v) is 5.90. The summed E-state index contributed by atoms with van der Waals surface area (Å²) in [5, 5.41) is 0.431. The van der Waals surface area contributed by atoms with Gasteiger partial charge in [0, 0.05) is 6.04 Å². The highest BCUT2D eigenvalue weighted by Crippen LogP contribution is 2.46. The maximum Gasteiger partial charge on any atom is 0.261 e. The van der Waals surface area contributed by atoms with E-state index in [2.05, 4.69) is 11.9 Å². The van der Waals surface area contributed by atoms with Crippen molar-refractivity contribution in [1.82, 2.24) is 9.55 Å². The summed E-state index contributed by atoms with van der Waals surface area (Å²) in [6.07, 6.45) is 2.16. The fourth-order valence-corrected chi connectivity index (χ4v) is 2.90. The molecule has 0 amide bonds. The molecule has 19 heavy (non-hydrogen) atoms. The number of aromatic nitrogens is 2. The Hall–Kier alpha value is -1.35. The number of fused-ring (bicyclic) bond motifs is 1. The first-order valence-corrected chi connectivity index (χ1v) is 7.22. The Morgan fingerprint density at radius 1 is 1.47 bits per heavy atom. The Kier molecular flexibility index (Phi) is 3.09. The van der Waals surface area contributed by atoms with Gasteiger partial charge in [0.05, 0.1) is 16.3 Å². The van der Waals surface area contributed by atoms with Gasteiger partial charge in [0.15, 0.2) is 0 Å². The van der Waals surface area contributed by atoms with Crippen molar-refractivity contribution in [3.05, 3.63) is 40.4 Å². The van der Waals surface area contributed by atoms with E-state index < -0.39 is 0 Å². The molecule has 1 fully saturated rings. The number of nitrogens with zero attached hydrogens (tertiary/aromatic N) is 2. The molecule has 4 heteroatoms. The molecule has 3 rings (SSSR count). The van der Waals surface area contributed by atoms with Crippen LogP contribution in [-0.2, 0) is 0 Å². The topological polar surface area (TPSA) is 34.9 Å². The molecule has 100 valence electrons. The minimum absolute atomic E-state index is 0.0500. The third-order valence-electron chi connectivity index (χ3n) is 3.93. The lowest BCUT2D eigenvalue weighted by Crippen LogP contribution is -2.25. The van der Waals surface area contributed by atoms with E-state index >= 15 is 0 Å². The summed E-state index contributed by atoms with van der Waals surface area (Å²) in [6.45, 7) is 4.03. The Balaban J connectivity index is 2.26. The van der Waals surface area contributed by atoms with Gasteiger partial charge in [-0.3, -0.25) is 9.36 Å². The van der Waals surface area contributed by atoms with Crippen molar-refractivity contribution in [2.45, 2.75) is 38.1 Å². The minimum Gasteiger partial charge on any atom is -0.291 e. The maximum atomic E-state index is 12.7.